The fourth-order valence-corrected chi connectivity index (χ4v) is 2.61. The summed E-state index contributed by atoms with van der Waals surface area (Å²) >= 11 is 0. The van der Waals surface area contributed by atoms with E-state index in [9.17, 15) is 0 Å². The number of aryl methyl sites for hydroxylation is 1. The Morgan fingerprint density at radius 1 is 1.50 bits per heavy atom. The zero-order chi connectivity index (χ0) is 11.5. The SMILES string of the molecule is CC1CCCC(CN)N1Cc1ccn(C)n1. The van der Waals surface area contributed by atoms with Gasteiger partial charge in [-0.1, -0.05) is 6.42 Å². The molecule has 1 saturated heterocycles. The van der Waals surface area contributed by atoms with Crippen molar-refractivity contribution in [3.05, 3.63) is 18.0 Å². The van der Waals surface area contributed by atoms with Gasteiger partial charge in [-0.05, 0) is 25.8 Å². The molecule has 0 aromatic carbocycles. The van der Waals surface area contributed by atoms with Crippen molar-refractivity contribution >= 4 is 0 Å². The summed E-state index contributed by atoms with van der Waals surface area (Å²) < 4.78 is 1.86. The topological polar surface area (TPSA) is 47.1 Å². The first-order valence-electron chi connectivity index (χ1n) is 6.15. The van der Waals surface area contributed by atoms with Crippen LogP contribution in [-0.4, -0.2) is 33.3 Å². The summed E-state index contributed by atoms with van der Waals surface area (Å²) in [6.07, 6.45) is 5.82. The van der Waals surface area contributed by atoms with Crippen LogP contribution < -0.4 is 5.73 Å². The molecule has 0 radical (unpaired) electrons. The first-order valence-corrected chi connectivity index (χ1v) is 6.15. The minimum atomic E-state index is 0.533. The molecule has 0 aliphatic carbocycles. The first-order chi connectivity index (χ1) is 7.70. The van der Waals surface area contributed by atoms with E-state index >= 15 is 0 Å². The Morgan fingerprint density at radius 2 is 2.31 bits per heavy atom. The van der Waals surface area contributed by atoms with Crippen molar-refractivity contribution in [2.75, 3.05) is 6.54 Å². The fraction of sp³-hybridized carbons (Fsp3) is 0.750. The van der Waals surface area contributed by atoms with Gasteiger partial charge in [0.2, 0.25) is 0 Å². The number of aromatic nitrogens is 2. The molecule has 2 atom stereocenters. The van der Waals surface area contributed by atoms with Crippen LogP contribution in [0.5, 0.6) is 0 Å². The Morgan fingerprint density at radius 3 is 2.94 bits per heavy atom. The molecule has 2 rings (SSSR count). The maximum Gasteiger partial charge on any atom is 0.0764 e. The standard InChI is InChI=1S/C12H22N4/c1-10-4-3-5-12(8-13)16(10)9-11-6-7-15(2)14-11/h6-7,10,12H,3-5,8-9,13H2,1-2H3. The zero-order valence-electron chi connectivity index (χ0n) is 10.3. The average molecular weight is 222 g/mol. The zero-order valence-corrected chi connectivity index (χ0v) is 10.3. The average Bonchev–Trinajstić information content (AvgIpc) is 2.67. The third-order valence-corrected chi connectivity index (χ3v) is 3.58. The molecule has 1 aromatic rings. The number of likely N-dealkylation sites (tertiary alicyclic amines) is 1. The molecule has 2 unspecified atom stereocenters. The fourth-order valence-electron chi connectivity index (χ4n) is 2.61. The van der Waals surface area contributed by atoms with E-state index < -0.39 is 0 Å². The van der Waals surface area contributed by atoms with Crippen LogP contribution in [0.2, 0.25) is 0 Å². The normalized spacial score (nSPS) is 27.2. The number of hydrogen-bond acceptors (Lipinski definition) is 3. The summed E-state index contributed by atoms with van der Waals surface area (Å²) in [7, 11) is 1.96. The third kappa shape index (κ3) is 2.44. The van der Waals surface area contributed by atoms with E-state index in [-0.39, 0.29) is 0 Å². The Balaban J connectivity index is 2.05. The van der Waals surface area contributed by atoms with Gasteiger partial charge >= 0.3 is 0 Å². The maximum absolute atomic E-state index is 5.85. The molecule has 16 heavy (non-hydrogen) atoms. The van der Waals surface area contributed by atoms with Crippen molar-refractivity contribution in [1.29, 1.82) is 0 Å². The Bertz CT molecular complexity index is 334. The Labute approximate surface area is 97.4 Å². The van der Waals surface area contributed by atoms with Crippen LogP contribution in [0.25, 0.3) is 0 Å². The monoisotopic (exact) mass is 222 g/mol. The predicted molar refractivity (Wildman–Crippen MR) is 64.9 cm³/mol. The molecule has 1 fully saturated rings. The molecule has 2 heterocycles. The molecule has 0 saturated carbocycles. The number of hydrogen-bond donors (Lipinski definition) is 1. The molecule has 1 aliphatic rings. The largest absolute Gasteiger partial charge is 0.329 e. The van der Waals surface area contributed by atoms with Crippen molar-refractivity contribution < 1.29 is 0 Å². The van der Waals surface area contributed by atoms with Crippen molar-refractivity contribution in [3.8, 4) is 0 Å². The molecule has 90 valence electrons. The summed E-state index contributed by atoms with van der Waals surface area (Å²) in [6, 6.07) is 3.25. The van der Waals surface area contributed by atoms with Crippen molar-refractivity contribution in [2.45, 2.75) is 44.8 Å². The highest BCUT2D eigenvalue weighted by Gasteiger charge is 2.27. The second-order valence-corrected chi connectivity index (χ2v) is 4.82. The smallest absolute Gasteiger partial charge is 0.0764 e. The highest BCUT2D eigenvalue weighted by atomic mass is 15.3. The lowest BCUT2D eigenvalue weighted by molar-refractivity contribution is 0.0876. The second-order valence-electron chi connectivity index (χ2n) is 4.82. The van der Waals surface area contributed by atoms with Gasteiger partial charge in [0.25, 0.3) is 0 Å². The summed E-state index contributed by atoms with van der Waals surface area (Å²) in [6.45, 7) is 3.99. The molecular formula is C12H22N4. The van der Waals surface area contributed by atoms with E-state index in [1.807, 2.05) is 17.9 Å². The minimum Gasteiger partial charge on any atom is -0.329 e. The summed E-state index contributed by atoms with van der Waals surface area (Å²) in [4.78, 5) is 2.51. The second kappa shape index (κ2) is 4.97. The molecule has 4 heteroatoms. The third-order valence-electron chi connectivity index (χ3n) is 3.58. The summed E-state index contributed by atoms with van der Waals surface area (Å²) in [5.41, 5.74) is 7.00. The van der Waals surface area contributed by atoms with Crippen LogP contribution in [-0.2, 0) is 13.6 Å². The molecule has 1 aliphatic heterocycles. The van der Waals surface area contributed by atoms with E-state index in [1.54, 1.807) is 0 Å². The van der Waals surface area contributed by atoms with Crippen LogP contribution in [0.4, 0.5) is 0 Å². The maximum atomic E-state index is 5.85. The number of nitrogens with zero attached hydrogens (tertiary/aromatic N) is 3. The summed E-state index contributed by atoms with van der Waals surface area (Å²) in [5, 5.41) is 4.44. The lowest BCUT2D eigenvalue weighted by Crippen LogP contribution is -2.48. The molecule has 0 amide bonds. The van der Waals surface area contributed by atoms with Crippen molar-refractivity contribution in [3.63, 3.8) is 0 Å². The number of nitrogens with two attached hydrogens (primary N) is 1. The quantitative estimate of drug-likeness (QED) is 0.833. The van der Waals surface area contributed by atoms with Crippen LogP contribution in [0.15, 0.2) is 12.3 Å². The molecule has 1 aromatic heterocycles. The van der Waals surface area contributed by atoms with Crippen molar-refractivity contribution in [1.82, 2.24) is 14.7 Å². The summed E-state index contributed by atoms with van der Waals surface area (Å²) in [5.74, 6) is 0. The highest BCUT2D eigenvalue weighted by Crippen LogP contribution is 2.23. The van der Waals surface area contributed by atoms with Gasteiger partial charge in [0.1, 0.15) is 0 Å². The van der Waals surface area contributed by atoms with Gasteiger partial charge in [0, 0.05) is 38.4 Å². The Kier molecular flexibility index (Phi) is 3.61. The number of piperidine rings is 1. The van der Waals surface area contributed by atoms with E-state index in [0.29, 0.717) is 12.1 Å². The lowest BCUT2D eigenvalue weighted by atomic mass is 9.96. The molecule has 0 spiro atoms. The van der Waals surface area contributed by atoms with E-state index in [0.717, 1.165) is 18.8 Å². The number of rotatable bonds is 3. The molecule has 0 bridgehead atoms. The van der Waals surface area contributed by atoms with Gasteiger partial charge in [-0.25, -0.2) is 0 Å². The first kappa shape index (κ1) is 11.6. The molecular weight excluding hydrogens is 200 g/mol. The molecule has 2 N–H and O–H groups in total. The van der Waals surface area contributed by atoms with Gasteiger partial charge < -0.3 is 5.73 Å². The highest BCUT2D eigenvalue weighted by molar-refractivity contribution is 5.00. The van der Waals surface area contributed by atoms with Gasteiger partial charge in [0.15, 0.2) is 0 Å². The van der Waals surface area contributed by atoms with Crippen LogP contribution in [0, 0.1) is 0 Å². The minimum absolute atomic E-state index is 0.533. The van der Waals surface area contributed by atoms with Crippen LogP contribution in [0.3, 0.4) is 0 Å². The van der Waals surface area contributed by atoms with Gasteiger partial charge in [-0.3, -0.25) is 9.58 Å². The van der Waals surface area contributed by atoms with Gasteiger partial charge in [-0.15, -0.1) is 0 Å². The predicted octanol–water partition coefficient (Wildman–Crippen LogP) is 1.12. The lowest BCUT2D eigenvalue weighted by Gasteiger charge is -2.39. The Hall–Kier alpha value is -0.870. The molecule has 4 nitrogen and oxygen atoms in total. The van der Waals surface area contributed by atoms with Gasteiger partial charge in [0.05, 0.1) is 5.69 Å². The van der Waals surface area contributed by atoms with Crippen LogP contribution >= 0.6 is 0 Å². The van der Waals surface area contributed by atoms with E-state index in [2.05, 4.69) is 23.0 Å². The van der Waals surface area contributed by atoms with E-state index in [1.165, 1.54) is 19.3 Å². The van der Waals surface area contributed by atoms with Crippen molar-refractivity contribution in [2.24, 2.45) is 12.8 Å². The van der Waals surface area contributed by atoms with E-state index in [4.69, 9.17) is 5.73 Å². The van der Waals surface area contributed by atoms with Crippen LogP contribution in [0.1, 0.15) is 31.9 Å². The van der Waals surface area contributed by atoms with Gasteiger partial charge in [-0.2, -0.15) is 5.10 Å².